The second-order valence-corrected chi connectivity index (χ2v) is 7.01. The predicted molar refractivity (Wildman–Crippen MR) is 95.2 cm³/mol. The van der Waals surface area contributed by atoms with E-state index in [1.807, 2.05) is 29.2 Å². The van der Waals surface area contributed by atoms with Crippen molar-refractivity contribution in [3.63, 3.8) is 0 Å². The second-order valence-electron chi connectivity index (χ2n) is 6.57. The fraction of sp³-hybridized carbons (Fsp3) is 0.389. The Labute approximate surface area is 150 Å². The van der Waals surface area contributed by atoms with Crippen LogP contribution < -0.4 is 5.32 Å². The summed E-state index contributed by atoms with van der Waals surface area (Å²) in [4.78, 5) is 26.7. The molecule has 2 aromatic rings. The smallest absolute Gasteiger partial charge is 0.231 e. The van der Waals surface area contributed by atoms with Gasteiger partial charge in [-0.3, -0.25) is 9.59 Å². The molecular formula is C18H19ClN4O2. The molecular weight excluding hydrogens is 340 g/mol. The molecule has 0 bridgehead atoms. The Morgan fingerprint density at radius 1 is 1.24 bits per heavy atom. The van der Waals surface area contributed by atoms with Crippen LogP contribution in [0.25, 0.3) is 11.1 Å². The Bertz CT molecular complexity index is 809. The van der Waals surface area contributed by atoms with Gasteiger partial charge in [0.1, 0.15) is 5.82 Å². The zero-order valence-electron chi connectivity index (χ0n) is 13.7. The lowest BCUT2D eigenvalue weighted by molar-refractivity contribution is -0.134. The van der Waals surface area contributed by atoms with Gasteiger partial charge in [-0.2, -0.15) is 5.10 Å². The molecule has 4 rings (SSSR count). The molecule has 2 aliphatic rings. The SMILES string of the molecule is O=C1Nc2c(-c3ccc(Cl)cc3)cnn2C[C@@H]1CC(=O)N1CCCC1. The van der Waals surface area contributed by atoms with Crippen LogP contribution in [0.1, 0.15) is 19.3 Å². The van der Waals surface area contributed by atoms with Crippen LogP contribution in [0.3, 0.4) is 0 Å². The molecule has 2 amide bonds. The van der Waals surface area contributed by atoms with Gasteiger partial charge < -0.3 is 10.2 Å². The minimum absolute atomic E-state index is 0.0613. The molecule has 1 N–H and O–H groups in total. The summed E-state index contributed by atoms with van der Waals surface area (Å²) in [7, 11) is 0. The van der Waals surface area contributed by atoms with E-state index in [9.17, 15) is 9.59 Å². The van der Waals surface area contributed by atoms with Crippen molar-refractivity contribution in [2.24, 2.45) is 5.92 Å². The van der Waals surface area contributed by atoms with Crippen LogP contribution in [0.15, 0.2) is 30.5 Å². The van der Waals surface area contributed by atoms with E-state index in [1.54, 1.807) is 10.9 Å². The Morgan fingerprint density at radius 3 is 2.68 bits per heavy atom. The van der Waals surface area contributed by atoms with Crippen molar-refractivity contribution in [3.8, 4) is 11.1 Å². The van der Waals surface area contributed by atoms with Crippen LogP contribution in [-0.4, -0.2) is 39.6 Å². The number of likely N-dealkylation sites (tertiary alicyclic amines) is 1. The monoisotopic (exact) mass is 358 g/mol. The van der Waals surface area contributed by atoms with Crippen molar-refractivity contribution in [3.05, 3.63) is 35.5 Å². The summed E-state index contributed by atoms with van der Waals surface area (Å²) < 4.78 is 1.77. The lowest BCUT2D eigenvalue weighted by Crippen LogP contribution is -2.38. The molecule has 7 heteroatoms. The first kappa shape index (κ1) is 16.1. The molecule has 0 unspecified atom stereocenters. The minimum atomic E-state index is -0.376. The number of carbonyl (C=O) groups excluding carboxylic acids is 2. The molecule has 130 valence electrons. The molecule has 1 atom stereocenters. The lowest BCUT2D eigenvalue weighted by atomic mass is 10.0. The number of nitrogens with one attached hydrogen (secondary N) is 1. The van der Waals surface area contributed by atoms with Gasteiger partial charge >= 0.3 is 0 Å². The average Bonchev–Trinajstić information content (AvgIpc) is 3.26. The first-order chi connectivity index (χ1) is 12.1. The Balaban J connectivity index is 1.52. The maximum Gasteiger partial charge on any atom is 0.231 e. The molecule has 0 spiro atoms. The van der Waals surface area contributed by atoms with E-state index in [0.717, 1.165) is 37.1 Å². The number of nitrogens with zero attached hydrogens (tertiary/aromatic N) is 3. The summed E-state index contributed by atoms with van der Waals surface area (Å²) in [5.41, 5.74) is 1.80. The summed E-state index contributed by atoms with van der Waals surface area (Å²) in [5, 5.41) is 7.98. The largest absolute Gasteiger partial charge is 0.343 e. The highest BCUT2D eigenvalue weighted by Gasteiger charge is 2.32. The first-order valence-corrected chi connectivity index (χ1v) is 8.90. The highest BCUT2D eigenvalue weighted by atomic mass is 35.5. The number of rotatable bonds is 3. The summed E-state index contributed by atoms with van der Waals surface area (Å²) >= 11 is 5.93. The molecule has 1 aromatic heterocycles. The number of aromatic nitrogens is 2. The number of halogens is 1. The van der Waals surface area contributed by atoms with E-state index >= 15 is 0 Å². The van der Waals surface area contributed by atoms with Crippen LogP contribution in [0.5, 0.6) is 0 Å². The van der Waals surface area contributed by atoms with Crippen molar-refractivity contribution in [2.45, 2.75) is 25.8 Å². The van der Waals surface area contributed by atoms with E-state index < -0.39 is 0 Å². The second kappa shape index (κ2) is 6.52. The number of amides is 2. The Morgan fingerprint density at radius 2 is 1.96 bits per heavy atom. The third kappa shape index (κ3) is 3.14. The summed E-state index contributed by atoms with van der Waals surface area (Å²) in [6.45, 7) is 2.04. The summed E-state index contributed by atoms with van der Waals surface area (Å²) in [5.74, 6) is 0.248. The van der Waals surface area contributed by atoms with E-state index in [1.165, 1.54) is 0 Å². The van der Waals surface area contributed by atoms with E-state index in [-0.39, 0.29) is 24.2 Å². The van der Waals surface area contributed by atoms with Gasteiger partial charge in [0, 0.05) is 30.1 Å². The zero-order valence-corrected chi connectivity index (χ0v) is 14.5. The van der Waals surface area contributed by atoms with Crippen LogP contribution in [0, 0.1) is 5.92 Å². The van der Waals surface area contributed by atoms with Crippen LogP contribution in [-0.2, 0) is 16.1 Å². The summed E-state index contributed by atoms with van der Waals surface area (Å²) in [6, 6.07) is 7.41. The minimum Gasteiger partial charge on any atom is -0.343 e. The molecule has 1 aromatic carbocycles. The van der Waals surface area contributed by atoms with Crippen molar-refractivity contribution >= 4 is 29.2 Å². The van der Waals surface area contributed by atoms with Gasteiger partial charge in [-0.25, -0.2) is 4.68 Å². The lowest BCUT2D eigenvalue weighted by Gasteiger charge is -2.25. The summed E-state index contributed by atoms with van der Waals surface area (Å²) in [6.07, 6.45) is 4.08. The molecule has 0 saturated carbocycles. The van der Waals surface area contributed by atoms with Gasteiger partial charge in [0.25, 0.3) is 0 Å². The van der Waals surface area contributed by atoms with Crippen LogP contribution in [0.4, 0.5) is 5.82 Å². The van der Waals surface area contributed by atoms with Crippen LogP contribution >= 0.6 is 11.6 Å². The fourth-order valence-electron chi connectivity index (χ4n) is 3.47. The van der Waals surface area contributed by atoms with Crippen LogP contribution in [0.2, 0.25) is 5.02 Å². The topological polar surface area (TPSA) is 67.2 Å². The van der Waals surface area contributed by atoms with Crippen molar-refractivity contribution in [1.29, 1.82) is 0 Å². The highest BCUT2D eigenvalue weighted by molar-refractivity contribution is 6.30. The third-order valence-corrected chi connectivity index (χ3v) is 5.13. The Kier molecular flexibility index (Phi) is 4.21. The van der Waals surface area contributed by atoms with Crippen molar-refractivity contribution in [1.82, 2.24) is 14.7 Å². The average molecular weight is 359 g/mol. The quantitative estimate of drug-likeness (QED) is 0.917. The van der Waals surface area contributed by atoms with Crippen molar-refractivity contribution < 1.29 is 9.59 Å². The highest BCUT2D eigenvalue weighted by Crippen LogP contribution is 2.32. The van der Waals surface area contributed by atoms with Gasteiger partial charge in [0.2, 0.25) is 11.8 Å². The molecule has 25 heavy (non-hydrogen) atoms. The maximum absolute atomic E-state index is 12.5. The van der Waals surface area contributed by atoms with Gasteiger partial charge in [0.15, 0.2) is 0 Å². The van der Waals surface area contributed by atoms with Gasteiger partial charge in [-0.05, 0) is 30.5 Å². The number of fused-ring (bicyclic) bond motifs is 1. The molecule has 2 aliphatic heterocycles. The van der Waals surface area contributed by atoms with E-state index in [0.29, 0.717) is 17.4 Å². The van der Waals surface area contributed by atoms with Gasteiger partial charge in [-0.1, -0.05) is 23.7 Å². The Hall–Kier alpha value is -2.34. The zero-order chi connectivity index (χ0) is 17.4. The first-order valence-electron chi connectivity index (χ1n) is 8.52. The molecule has 0 aliphatic carbocycles. The fourth-order valence-corrected chi connectivity index (χ4v) is 3.60. The number of hydrogen-bond donors (Lipinski definition) is 1. The van der Waals surface area contributed by atoms with E-state index in [4.69, 9.17) is 11.6 Å². The number of anilines is 1. The molecule has 1 saturated heterocycles. The molecule has 1 fully saturated rings. The predicted octanol–water partition coefficient (Wildman–Crippen LogP) is 2.78. The maximum atomic E-state index is 12.5. The molecule has 3 heterocycles. The van der Waals surface area contributed by atoms with E-state index in [2.05, 4.69) is 10.4 Å². The molecule has 0 radical (unpaired) electrons. The third-order valence-electron chi connectivity index (χ3n) is 4.88. The normalized spacial score (nSPS) is 19.6. The number of hydrogen-bond acceptors (Lipinski definition) is 3. The number of benzene rings is 1. The van der Waals surface area contributed by atoms with Gasteiger partial charge in [-0.15, -0.1) is 0 Å². The van der Waals surface area contributed by atoms with Crippen molar-refractivity contribution in [2.75, 3.05) is 18.4 Å². The number of carbonyl (C=O) groups is 2. The van der Waals surface area contributed by atoms with Gasteiger partial charge in [0.05, 0.1) is 18.7 Å². The molecule has 6 nitrogen and oxygen atoms in total. The standard InChI is InChI=1S/C18H19ClN4O2/c19-14-5-3-12(4-6-14)15-10-20-23-11-13(18(25)21-17(15)23)9-16(24)22-7-1-2-8-22/h3-6,10,13H,1-2,7-9,11H2,(H,21,25)/t13-/m0/s1.